The Morgan fingerprint density at radius 1 is 0.955 bits per heavy atom. The lowest BCUT2D eigenvalue weighted by Crippen LogP contribution is -2.14. The SMILES string of the molecule is COc1ccc(C(=O)Nc2ccc(C(C)=O)cc2)c(C)c1C. The summed E-state index contributed by atoms with van der Waals surface area (Å²) < 4.78 is 5.25. The maximum atomic E-state index is 12.4. The van der Waals surface area contributed by atoms with Crippen molar-refractivity contribution in [3.8, 4) is 5.75 Å². The molecule has 0 saturated heterocycles. The van der Waals surface area contributed by atoms with Gasteiger partial charge in [-0.3, -0.25) is 9.59 Å². The molecule has 0 spiro atoms. The number of methoxy groups -OCH3 is 1. The summed E-state index contributed by atoms with van der Waals surface area (Å²) in [5, 5.41) is 2.84. The van der Waals surface area contributed by atoms with Gasteiger partial charge in [0.1, 0.15) is 5.75 Å². The molecular formula is C18H19NO3. The zero-order valence-electron chi connectivity index (χ0n) is 13.2. The minimum absolute atomic E-state index is 0.000463. The van der Waals surface area contributed by atoms with Crippen LogP contribution >= 0.6 is 0 Å². The van der Waals surface area contributed by atoms with Gasteiger partial charge in [0.2, 0.25) is 0 Å². The Hall–Kier alpha value is -2.62. The third kappa shape index (κ3) is 3.17. The van der Waals surface area contributed by atoms with E-state index >= 15 is 0 Å². The van der Waals surface area contributed by atoms with E-state index < -0.39 is 0 Å². The molecule has 2 rings (SSSR count). The molecule has 0 saturated carbocycles. The van der Waals surface area contributed by atoms with Crippen molar-refractivity contribution in [2.75, 3.05) is 12.4 Å². The molecular weight excluding hydrogens is 278 g/mol. The Labute approximate surface area is 130 Å². The smallest absolute Gasteiger partial charge is 0.255 e. The van der Waals surface area contributed by atoms with Crippen LogP contribution in [0.25, 0.3) is 0 Å². The van der Waals surface area contributed by atoms with E-state index in [9.17, 15) is 9.59 Å². The van der Waals surface area contributed by atoms with E-state index in [4.69, 9.17) is 4.74 Å². The van der Waals surface area contributed by atoms with E-state index in [1.165, 1.54) is 6.92 Å². The lowest BCUT2D eigenvalue weighted by atomic mass is 10.0. The molecule has 2 aromatic rings. The van der Waals surface area contributed by atoms with Crippen LogP contribution in [0.2, 0.25) is 0 Å². The van der Waals surface area contributed by atoms with Crippen LogP contribution in [0.15, 0.2) is 36.4 Å². The van der Waals surface area contributed by atoms with Gasteiger partial charge in [-0.05, 0) is 68.3 Å². The van der Waals surface area contributed by atoms with E-state index in [0.717, 1.165) is 16.9 Å². The van der Waals surface area contributed by atoms with E-state index in [-0.39, 0.29) is 11.7 Å². The summed E-state index contributed by atoms with van der Waals surface area (Å²) in [6.45, 7) is 5.33. The van der Waals surface area contributed by atoms with E-state index in [0.29, 0.717) is 16.8 Å². The summed E-state index contributed by atoms with van der Waals surface area (Å²) in [4.78, 5) is 23.6. The third-order valence-corrected chi connectivity index (χ3v) is 3.75. The number of benzene rings is 2. The van der Waals surface area contributed by atoms with Crippen LogP contribution in [0.4, 0.5) is 5.69 Å². The predicted octanol–water partition coefficient (Wildman–Crippen LogP) is 3.77. The number of nitrogens with one attached hydrogen (secondary N) is 1. The van der Waals surface area contributed by atoms with Crippen LogP contribution in [-0.4, -0.2) is 18.8 Å². The van der Waals surface area contributed by atoms with Crippen LogP contribution in [-0.2, 0) is 0 Å². The van der Waals surface area contributed by atoms with Gasteiger partial charge >= 0.3 is 0 Å². The molecule has 0 aromatic heterocycles. The van der Waals surface area contributed by atoms with Gasteiger partial charge in [0, 0.05) is 16.8 Å². The number of amides is 1. The average Bonchev–Trinajstić information content (AvgIpc) is 2.50. The molecule has 2 aromatic carbocycles. The number of carbonyl (C=O) groups excluding carboxylic acids is 2. The summed E-state index contributed by atoms with van der Waals surface area (Å²) in [7, 11) is 1.61. The Bertz CT molecular complexity index is 718. The fraction of sp³-hybridized carbons (Fsp3) is 0.222. The molecule has 4 nitrogen and oxygen atoms in total. The second-order valence-electron chi connectivity index (χ2n) is 5.15. The molecule has 1 N–H and O–H groups in total. The zero-order chi connectivity index (χ0) is 16.3. The van der Waals surface area contributed by atoms with Gasteiger partial charge in [0.25, 0.3) is 5.91 Å². The van der Waals surface area contributed by atoms with E-state index in [1.54, 1.807) is 43.5 Å². The number of anilines is 1. The molecule has 1 amide bonds. The molecule has 0 fully saturated rings. The van der Waals surface area contributed by atoms with E-state index in [1.807, 2.05) is 13.8 Å². The highest BCUT2D eigenvalue weighted by atomic mass is 16.5. The fourth-order valence-corrected chi connectivity index (χ4v) is 2.25. The second kappa shape index (κ2) is 6.43. The highest BCUT2D eigenvalue weighted by Gasteiger charge is 2.13. The van der Waals surface area contributed by atoms with E-state index in [2.05, 4.69) is 5.32 Å². The predicted molar refractivity (Wildman–Crippen MR) is 86.9 cm³/mol. The summed E-state index contributed by atoms with van der Waals surface area (Å²) >= 11 is 0. The van der Waals surface area contributed by atoms with Crippen LogP contribution in [0.3, 0.4) is 0 Å². The van der Waals surface area contributed by atoms with Crippen molar-refractivity contribution in [3.63, 3.8) is 0 Å². The van der Waals surface area contributed by atoms with Crippen LogP contribution < -0.4 is 10.1 Å². The van der Waals surface area contributed by atoms with Gasteiger partial charge in [-0.1, -0.05) is 0 Å². The molecule has 0 unspecified atom stereocenters. The molecule has 0 aliphatic rings. The first-order valence-corrected chi connectivity index (χ1v) is 7.00. The lowest BCUT2D eigenvalue weighted by molar-refractivity contribution is 0.101. The monoisotopic (exact) mass is 297 g/mol. The first-order valence-electron chi connectivity index (χ1n) is 7.00. The van der Waals surface area contributed by atoms with Crippen LogP contribution in [0.1, 0.15) is 38.8 Å². The Morgan fingerprint density at radius 2 is 1.59 bits per heavy atom. The first-order chi connectivity index (χ1) is 10.4. The molecule has 0 aliphatic heterocycles. The number of hydrogen-bond acceptors (Lipinski definition) is 3. The van der Waals surface area contributed by atoms with Gasteiger partial charge in [0.05, 0.1) is 7.11 Å². The van der Waals surface area contributed by atoms with Crippen molar-refractivity contribution < 1.29 is 14.3 Å². The highest BCUT2D eigenvalue weighted by molar-refractivity contribution is 6.05. The molecule has 0 bridgehead atoms. The molecule has 0 aliphatic carbocycles. The standard InChI is InChI=1S/C18H19NO3/c1-11-12(2)17(22-4)10-9-16(11)18(21)19-15-7-5-14(6-8-15)13(3)20/h5-10H,1-4H3,(H,19,21). The van der Waals surface area contributed by atoms with Crippen molar-refractivity contribution in [2.24, 2.45) is 0 Å². The number of hydrogen-bond donors (Lipinski definition) is 1. The Balaban J connectivity index is 2.22. The minimum Gasteiger partial charge on any atom is -0.496 e. The van der Waals surface area contributed by atoms with Crippen molar-refractivity contribution in [3.05, 3.63) is 58.7 Å². The lowest BCUT2D eigenvalue weighted by Gasteiger charge is -2.12. The Kier molecular flexibility index (Phi) is 4.61. The van der Waals surface area contributed by atoms with Crippen LogP contribution in [0, 0.1) is 13.8 Å². The van der Waals surface area contributed by atoms with Crippen LogP contribution in [0.5, 0.6) is 5.75 Å². The highest BCUT2D eigenvalue weighted by Crippen LogP contribution is 2.24. The topological polar surface area (TPSA) is 55.4 Å². The molecule has 0 heterocycles. The summed E-state index contributed by atoms with van der Waals surface area (Å²) in [6.07, 6.45) is 0. The summed E-state index contributed by atoms with van der Waals surface area (Å²) in [5.74, 6) is 0.582. The van der Waals surface area contributed by atoms with Gasteiger partial charge in [-0.25, -0.2) is 0 Å². The molecule has 4 heteroatoms. The molecule has 0 atom stereocenters. The second-order valence-corrected chi connectivity index (χ2v) is 5.15. The maximum Gasteiger partial charge on any atom is 0.255 e. The summed E-state index contributed by atoms with van der Waals surface area (Å²) in [6, 6.07) is 10.4. The normalized spacial score (nSPS) is 10.2. The summed E-state index contributed by atoms with van der Waals surface area (Å²) in [5.41, 5.74) is 3.71. The average molecular weight is 297 g/mol. The zero-order valence-corrected chi connectivity index (χ0v) is 13.2. The van der Waals surface area contributed by atoms with Gasteiger partial charge in [0.15, 0.2) is 5.78 Å². The number of carbonyl (C=O) groups is 2. The van der Waals surface area contributed by atoms with Crippen molar-refractivity contribution in [1.29, 1.82) is 0 Å². The quantitative estimate of drug-likeness (QED) is 0.874. The fourth-order valence-electron chi connectivity index (χ4n) is 2.25. The largest absolute Gasteiger partial charge is 0.496 e. The van der Waals surface area contributed by atoms with Gasteiger partial charge in [-0.15, -0.1) is 0 Å². The molecule has 0 radical (unpaired) electrons. The van der Waals surface area contributed by atoms with Crippen molar-refractivity contribution in [2.45, 2.75) is 20.8 Å². The van der Waals surface area contributed by atoms with Crippen molar-refractivity contribution >= 4 is 17.4 Å². The minimum atomic E-state index is -0.182. The van der Waals surface area contributed by atoms with Gasteiger partial charge in [-0.2, -0.15) is 0 Å². The van der Waals surface area contributed by atoms with Gasteiger partial charge < -0.3 is 10.1 Å². The maximum absolute atomic E-state index is 12.4. The number of Topliss-reactive ketones (excluding diaryl/α,β-unsaturated/α-hetero) is 1. The number of ether oxygens (including phenoxy) is 1. The van der Waals surface area contributed by atoms with Crippen molar-refractivity contribution in [1.82, 2.24) is 0 Å². The first kappa shape index (κ1) is 15.8. The number of ketones is 1. The molecule has 114 valence electrons. The third-order valence-electron chi connectivity index (χ3n) is 3.75. The Morgan fingerprint density at radius 3 is 2.14 bits per heavy atom. The number of rotatable bonds is 4. The molecule has 22 heavy (non-hydrogen) atoms.